The van der Waals surface area contributed by atoms with Gasteiger partial charge in [0.2, 0.25) is 0 Å². The molecule has 0 saturated carbocycles. The molecular weight excluding hydrogens is 576 g/mol. The Hall–Kier alpha value is -3.56. The standard InChI is InChI=1S/C38H48N4O4/c1-8-27-22(5)33-18-36-28(9-2)21(4)32(40-36)17-34-23(6)29(11-10-12-45-37-15-25(44)14-26(19-43)46-37)38(42-34)24(7)31-13-20(3)30(39-31)16-35(27)41-33/h9,13,16-18,23,25-26,29,37,39-40,43-44H,2,8,10-12,14-15,19H2,1,3-7H3/t23-,25-,26-,29-,37+/m0/s1. The molecule has 1 fully saturated rings. The van der Waals surface area contributed by atoms with Crippen molar-refractivity contribution in [3.8, 4) is 0 Å². The van der Waals surface area contributed by atoms with Gasteiger partial charge in [-0.05, 0) is 99.1 Å². The molecular formula is C38H48N4O4. The number of nitrogens with zero attached hydrogens (tertiary/aromatic N) is 2. The summed E-state index contributed by atoms with van der Waals surface area (Å²) in [4.78, 5) is 17.8. The fraction of sp³-hybridized carbons (Fsp3) is 0.474. The molecule has 3 aliphatic heterocycles. The molecule has 6 rings (SSSR count). The highest BCUT2D eigenvalue weighted by molar-refractivity contribution is 5.93. The Morgan fingerprint density at radius 1 is 0.978 bits per heavy atom. The van der Waals surface area contributed by atoms with Crippen LogP contribution in [0.4, 0.5) is 0 Å². The summed E-state index contributed by atoms with van der Waals surface area (Å²) in [6.07, 6.45) is 4.02. The number of H-pyrrole nitrogens is 2. The molecule has 0 amide bonds. The number of aromatic nitrogens is 4. The number of fused-ring (bicyclic) bond motifs is 8. The molecule has 6 heterocycles. The normalized spacial score (nSPS) is 23.3. The number of hydrogen-bond acceptors (Lipinski definition) is 6. The smallest absolute Gasteiger partial charge is 0.160 e. The largest absolute Gasteiger partial charge is 0.394 e. The number of aliphatic hydroxyl groups is 2. The van der Waals surface area contributed by atoms with Gasteiger partial charge in [-0.15, -0.1) is 0 Å². The molecule has 5 atom stereocenters. The van der Waals surface area contributed by atoms with Gasteiger partial charge in [0.15, 0.2) is 6.29 Å². The molecule has 1 saturated heterocycles. The van der Waals surface area contributed by atoms with Crippen LogP contribution < -0.4 is 0 Å². The van der Waals surface area contributed by atoms with Crippen LogP contribution in [0.2, 0.25) is 0 Å². The van der Waals surface area contributed by atoms with Crippen molar-refractivity contribution in [3.05, 3.63) is 75.9 Å². The average Bonchev–Trinajstić information content (AvgIpc) is 3.73. The molecule has 3 aliphatic rings. The number of nitrogens with one attached hydrogen (secondary N) is 2. The topological polar surface area (TPSA) is 116 Å². The maximum Gasteiger partial charge on any atom is 0.160 e. The first-order chi connectivity index (χ1) is 22.1. The summed E-state index contributed by atoms with van der Waals surface area (Å²) in [5.74, 6) is 0.405. The molecule has 3 aromatic rings. The first-order valence-corrected chi connectivity index (χ1v) is 16.7. The van der Waals surface area contributed by atoms with Gasteiger partial charge < -0.3 is 29.7 Å². The van der Waals surface area contributed by atoms with E-state index in [2.05, 4.69) is 82.4 Å². The molecule has 4 N–H and O–H groups in total. The number of aromatic amines is 2. The molecule has 0 aromatic carbocycles. The summed E-state index contributed by atoms with van der Waals surface area (Å²) in [7, 11) is 0. The summed E-state index contributed by atoms with van der Waals surface area (Å²) in [6.45, 7) is 17.6. The van der Waals surface area contributed by atoms with Gasteiger partial charge in [0, 0.05) is 70.3 Å². The highest BCUT2D eigenvalue weighted by Crippen LogP contribution is 2.42. The number of rotatable bonds is 8. The first-order valence-electron chi connectivity index (χ1n) is 16.7. The van der Waals surface area contributed by atoms with Crippen LogP contribution in [-0.4, -0.2) is 61.9 Å². The van der Waals surface area contributed by atoms with E-state index >= 15 is 0 Å². The third kappa shape index (κ3) is 6.11. The third-order valence-corrected chi connectivity index (χ3v) is 10.2. The van der Waals surface area contributed by atoms with Crippen LogP contribution in [-0.2, 0) is 9.47 Å². The highest BCUT2D eigenvalue weighted by atomic mass is 16.7. The van der Waals surface area contributed by atoms with Crippen molar-refractivity contribution < 1.29 is 19.7 Å². The molecule has 0 unspecified atom stereocenters. The lowest BCUT2D eigenvalue weighted by Crippen LogP contribution is -2.39. The predicted molar refractivity (Wildman–Crippen MR) is 185 cm³/mol. The van der Waals surface area contributed by atoms with Crippen molar-refractivity contribution in [2.75, 3.05) is 13.2 Å². The number of aryl methyl sites for hydroxylation is 3. The monoisotopic (exact) mass is 624 g/mol. The van der Waals surface area contributed by atoms with E-state index in [0.29, 0.717) is 19.4 Å². The number of allylic oxidation sites excluding steroid dienone is 2. The van der Waals surface area contributed by atoms with Crippen molar-refractivity contribution in [3.63, 3.8) is 0 Å². The number of ether oxygens (including phenoxy) is 2. The summed E-state index contributed by atoms with van der Waals surface area (Å²) in [6, 6.07) is 8.77. The van der Waals surface area contributed by atoms with Crippen molar-refractivity contribution in [1.29, 1.82) is 0 Å². The Morgan fingerprint density at radius 2 is 1.72 bits per heavy atom. The van der Waals surface area contributed by atoms with E-state index in [1.807, 2.05) is 6.08 Å². The van der Waals surface area contributed by atoms with Gasteiger partial charge in [-0.25, -0.2) is 4.98 Å². The van der Waals surface area contributed by atoms with Crippen LogP contribution in [0.5, 0.6) is 0 Å². The Bertz CT molecular complexity index is 1830. The van der Waals surface area contributed by atoms with E-state index in [1.54, 1.807) is 0 Å². The van der Waals surface area contributed by atoms with Crippen LogP contribution in [0.15, 0.2) is 30.8 Å². The zero-order chi connectivity index (χ0) is 32.7. The number of hydrogen-bond donors (Lipinski definition) is 4. The van der Waals surface area contributed by atoms with E-state index in [0.717, 1.165) is 80.8 Å². The van der Waals surface area contributed by atoms with Crippen molar-refractivity contribution in [2.24, 2.45) is 0 Å². The second-order valence-corrected chi connectivity index (χ2v) is 13.2. The van der Waals surface area contributed by atoms with Gasteiger partial charge in [0.1, 0.15) is 0 Å². The fourth-order valence-corrected chi connectivity index (χ4v) is 7.36. The van der Waals surface area contributed by atoms with E-state index in [1.165, 1.54) is 16.7 Å². The average molecular weight is 625 g/mol. The van der Waals surface area contributed by atoms with Crippen molar-refractivity contribution in [2.45, 2.75) is 104 Å². The van der Waals surface area contributed by atoms with Gasteiger partial charge in [-0.2, -0.15) is 0 Å². The number of aliphatic hydroxyl groups excluding tert-OH is 2. The van der Waals surface area contributed by atoms with E-state index in [9.17, 15) is 10.2 Å². The van der Waals surface area contributed by atoms with Crippen LogP contribution >= 0.6 is 0 Å². The van der Waals surface area contributed by atoms with Gasteiger partial charge in [-0.1, -0.05) is 26.5 Å². The minimum atomic E-state index is -0.518. The SMILES string of the molecule is C=Cc1c(C)c2cc3nc(c(C)c4cc(C)c(cc5nc(cc1[nH]2)C(C)=C5CC)[nH]4)[C@@H](CCCO[C@H]1C[C@@H](O)C[C@@H](CO)O1)[C@@H]3C. The van der Waals surface area contributed by atoms with Gasteiger partial charge in [0.05, 0.1) is 30.2 Å². The summed E-state index contributed by atoms with van der Waals surface area (Å²) >= 11 is 0. The summed E-state index contributed by atoms with van der Waals surface area (Å²) < 4.78 is 11.9. The zero-order valence-corrected chi connectivity index (χ0v) is 28.0. The van der Waals surface area contributed by atoms with Crippen molar-refractivity contribution in [1.82, 2.24) is 19.9 Å². The lowest BCUT2D eigenvalue weighted by molar-refractivity contribution is -0.222. The van der Waals surface area contributed by atoms with E-state index in [-0.39, 0.29) is 24.5 Å². The molecule has 0 spiro atoms. The van der Waals surface area contributed by atoms with Crippen LogP contribution in [0.25, 0.3) is 39.3 Å². The zero-order valence-electron chi connectivity index (χ0n) is 28.0. The first kappa shape index (κ1) is 32.4. The molecule has 0 radical (unpaired) electrons. The van der Waals surface area contributed by atoms with E-state index in [4.69, 9.17) is 19.4 Å². The Morgan fingerprint density at radius 3 is 2.46 bits per heavy atom. The quantitative estimate of drug-likeness (QED) is 0.190. The van der Waals surface area contributed by atoms with E-state index < -0.39 is 12.4 Å². The summed E-state index contributed by atoms with van der Waals surface area (Å²) in [5.41, 5.74) is 15.3. The highest BCUT2D eigenvalue weighted by Gasteiger charge is 2.31. The van der Waals surface area contributed by atoms with Crippen LogP contribution in [0.3, 0.4) is 0 Å². The molecule has 8 heteroatoms. The summed E-state index contributed by atoms with van der Waals surface area (Å²) in [5, 5.41) is 19.7. The predicted octanol–water partition coefficient (Wildman–Crippen LogP) is 7.77. The third-order valence-electron chi connectivity index (χ3n) is 10.2. The Balaban J connectivity index is 1.44. The minimum Gasteiger partial charge on any atom is -0.394 e. The molecule has 244 valence electrons. The lowest BCUT2D eigenvalue weighted by Gasteiger charge is -2.32. The van der Waals surface area contributed by atoms with Crippen LogP contribution in [0.1, 0.15) is 110 Å². The molecule has 0 aliphatic carbocycles. The van der Waals surface area contributed by atoms with Crippen molar-refractivity contribution >= 4 is 39.3 Å². The fourth-order valence-electron chi connectivity index (χ4n) is 7.36. The van der Waals surface area contributed by atoms with Gasteiger partial charge in [-0.3, -0.25) is 4.98 Å². The second-order valence-electron chi connectivity index (χ2n) is 13.2. The van der Waals surface area contributed by atoms with Gasteiger partial charge in [0.25, 0.3) is 0 Å². The van der Waals surface area contributed by atoms with Gasteiger partial charge >= 0.3 is 0 Å². The second kappa shape index (κ2) is 13.3. The lowest BCUT2D eigenvalue weighted by atomic mass is 9.86. The molecule has 3 aromatic heterocycles. The molecule has 8 nitrogen and oxygen atoms in total. The maximum absolute atomic E-state index is 10.2. The minimum absolute atomic E-state index is 0.115. The molecule has 8 bridgehead atoms. The van der Waals surface area contributed by atoms with Crippen LogP contribution in [0, 0.1) is 20.8 Å². The maximum atomic E-state index is 10.2. The molecule has 46 heavy (non-hydrogen) atoms. The Labute approximate surface area is 271 Å². The Kier molecular flexibility index (Phi) is 9.35.